The number of halogens is 1. The Morgan fingerprint density at radius 1 is 1.00 bits per heavy atom. The number of rotatable bonds is 6. The van der Waals surface area contributed by atoms with Crippen LogP contribution >= 0.6 is 11.6 Å². The average Bonchev–Trinajstić information content (AvgIpc) is 2.99. The zero-order valence-corrected chi connectivity index (χ0v) is 24.8. The molecule has 1 amide bonds. The quantitative estimate of drug-likeness (QED) is 0.280. The molecule has 0 radical (unpaired) electrons. The van der Waals surface area contributed by atoms with E-state index in [0.717, 1.165) is 37.7 Å². The number of nitrogens with two attached hydrogens (primary N) is 1. The van der Waals surface area contributed by atoms with Gasteiger partial charge in [0.2, 0.25) is 0 Å². The van der Waals surface area contributed by atoms with Crippen molar-refractivity contribution in [3.05, 3.63) is 110 Å². The topological polar surface area (TPSA) is 103 Å². The first kappa shape index (κ1) is 27.9. The predicted octanol–water partition coefficient (Wildman–Crippen LogP) is 5.66. The van der Waals surface area contributed by atoms with Crippen LogP contribution in [0.4, 0.5) is 0 Å². The molecule has 7 nitrogen and oxygen atoms in total. The number of pyridine rings is 1. The molecule has 4 aromatic rings. The maximum Gasteiger partial charge on any atom is 0.355 e. The minimum atomic E-state index is -0.622. The molecular formula is C35H34ClN3O4. The molecule has 5 atom stereocenters. The lowest BCUT2D eigenvalue weighted by molar-refractivity contribution is -0.0278. The lowest BCUT2D eigenvalue weighted by Crippen LogP contribution is -2.64. The van der Waals surface area contributed by atoms with Gasteiger partial charge in [0.25, 0.3) is 5.91 Å². The summed E-state index contributed by atoms with van der Waals surface area (Å²) in [4.78, 5) is 40.5. The van der Waals surface area contributed by atoms with E-state index in [-0.39, 0.29) is 35.0 Å². The van der Waals surface area contributed by atoms with E-state index in [0.29, 0.717) is 50.5 Å². The highest BCUT2D eigenvalue weighted by atomic mass is 35.5. The van der Waals surface area contributed by atoms with Crippen LogP contribution < -0.4 is 16.5 Å². The van der Waals surface area contributed by atoms with Gasteiger partial charge in [-0.1, -0.05) is 41.9 Å². The molecule has 4 fully saturated rings. The molecule has 0 aliphatic heterocycles. The van der Waals surface area contributed by atoms with Crippen molar-refractivity contribution in [2.75, 3.05) is 7.11 Å². The molecule has 0 saturated heterocycles. The summed E-state index contributed by atoms with van der Waals surface area (Å²) in [6, 6.07) is 21.8. The number of para-hydroxylation sites is 1. The van der Waals surface area contributed by atoms with E-state index in [1.807, 2.05) is 42.5 Å². The molecular weight excluding hydrogens is 562 g/mol. The summed E-state index contributed by atoms with van der Waals surface area (Å²) >= 11 is 6.34. The standard InChI is InChI=1S/C35H34ClN3O4/c1-43-34(42)31-28(32(40)27-12-11-25(36)16-29(27)39(31)26-5-3-2-4-6-26)15-20-7-9-22(10-8-20)33(41)38-30-23-13-21-14-24(30)19-35(37,17-21)18-23/h2-12,16,21,23-24,30H,13-15,17-19,37H2,1H3,(H,38,41)/t21?,23-,24+,30?,35?. The van der Waals surface area contributed by atoms with E-state index in [4.69, 9.17) is 22.1 Å². The maximum atomic E-state index is 13.9. The molecule has 4 aliphatic rings. The summed E-state index contributed by atoms with van der Waals surface area (Å²) in [6.07, 6.45) is 5.60. The Balaban J connectivity index is 1.21. The van der Waals surface area contributed by atoms with Gasteiger partial charge in [-0.25, -0.2) is 4.79 Å². The Kier molecular flexibility index (Phi) is 6.90. The van der Waals surface area contributed by atoms with Crippen molar-refractivity contribution >= 4 is 34.4 Å². The summed E-state index contributed by atoms with van der Waals surface area (Å²) in [7, 11) is 1.30. The number of benzene rings is 3. The number of hydrogen-bond donors (Lipinski definition) is 2. The third-order valence-electron chi connectivity index (χ3n) is 9.84. The van der Waals surface area contributed by atoms with Crippen LogP contribution in [-0.2, 0) is 11.2 Å². The Bertz CT molecular complexity index is 1780. The molecule has 0 spiro atoms. The average molecular weight is 596 g/mol. The van der Waals surface area contributed by atoms with Gasteiger partial charge >= 0.3 is 5.97 Å². The summed E-state index contributed by atoms with van der Waals surface area (Å²) in [5.74, 6) is 0.892. The molecule has 43 heavy (non-hydrogen) atoms. The Hall–Kier alpha value is -3.94. The fraction of sp³-hybridized carbons (Fsp3) is 0.343. The first-order chi connectivity index (χ1) is 20.7. The number of amides is 1. The fourth-order valence-corrected chi connectivity index (χ4v) is 8.43. The molecule has 4 aliphatic carbocycles. The van der Waals surface area contributed by atoms with Crippen LogP contribution in [0.2, 0.25) is 5.02 Å². The summed E-state index contributed by atoms with van der Waals surface area (Å²) < 4.78 is 6.93. The zero-order valence-electron chi connectivity index (χ0n) is 24.0. The van der Waals surface area contributed by atoms with E-state index in [1.165, 1.54) is 7.11 Å². The van der Waals surface area contributed by atoms with Crippen molar-refractivity contribution in [3.63, 3.8) is 0 Å². The van der Waals surface area contributed by atoms with Gasteiger partial charge in [0.15, 0.2) is 5.43 Å². The van der Waals surface area contributed by atoms with Crippen molar-refractivity contribution in [1.82, 2.24) is 9.88 Å². The van der Waals surface area contributed by atoms with Gasteiger partial charge in [-0.05, 0) is 97.9 Å². The largest absolute Gasteiger partial charge is 0.464 e. The van der Waals surface area contributed by atoms with Crippen molar-refractivity contribution in [2.24, 2.45) is 23.5 Å². The second-order valence-electron chi connectivity index (χ2n) is 12.7. The number of ether oxygens (including phenoxy) is 1. The normalized spacial score (nSPS) is 25.6. The number of fused-ring (bicyclic) bond motifs is 1. The third-order valence-corrected chi connectivity index (χ3v) is 10.1. The van der Waals surface area contributed by atoms with E-state index >= 15 is 0 Å². The van der Waals surface area contributed by atoms with Crippen LogP contribution in [0.5, 0.6) is 0 Å². The number of nitrogens with one attached hydrogen (secondary N) is 1. The molecule has 8 heteroatoms. The van der Waals surface area contributed by atoms with Crippen LogP contribution in [0.3, 0.4) is 0 Å². The minimum absolute atomic E-state index is 0.0451. The van der Waals surface area contributed by atoms with Crippen LogP contribution in [0.1, 0.15) is 64.1 Å². The van der Waals surface area contributed by atoms with Crippen LogP contribution in [-0.4, -0.2) is 35.1 Å². The van der Waals surface area contributed by atoms with Crippen molar-refractivity contribution < 1.29 is 14.3 Å². The van der Waals surface area contributed by atoms with Gasteiger partial charge in [0.1, 0.15) is 5.69 Å². The van der Waals surface area contributed by atoms with Gasteiger partial charge in [-0.3, -0.25) is 9.59 Å². The molecule has 8 rings (SSSR count). The predicted molar refractivity (Wildman–Crippen MR) is 167 cm³/mol. The van der Waals surface area contributed by atoms with E-state index < -0.39 is 5.97 Å². The van der Waals surface area contributed by atoms with Gasteiger partial charge in [0.05, 0.1) is 12.6 Å². The Morgan fingerprint density at radius 3 is 2.35 bits per heavy atom. The maximum absolute atomic E-state index is 13.9. The number of nitrogens with zero attached hydrogens (tertiary/aromatic N) is 1. The van der Waals surface area contributed by atoms with Crippen molar-refractivity contribution in [3.8, 4) is 5.69 Å². The first-order valence-corrected chi connectivity index (χ1v) is 15.3. The Morgan fingerprint density at radius 2 is 1.70 bits per heavy atom. The number of esters is 1. The second-order valence-corrected chi connectivity index (χ2v) is 13.1. The molecule has 3 aromatic carbocycles. The monoisotopic (exact) mass is 595 g/mol. The number of methoxy groups -OCH3 is 1. The van der Waals surface area contributed by atoms with E-state index in [9.17, 15) is 14.4 Å². The Labute approximate surface area is 255 Å². The molecule has 3 unspecified atom stereocenters. The minimum Gasteiger partial charge on any atom is -0.464 e. The summed E-state index contributed by atoms with van der Waals surface area (Å²) in [5, 5.41) is 4.23. The zero-order chi connectivity index (χ0) is 29.9. The fourth-order valence-electron chi connectivity index (χ4n) is 8.26. The van der Waals surface area contributed by atoms with Gasteiger partial charge in [-0.2, -0.15) is 0 Å². The highest BCUT2D eigenvalue weighted by Crippen LogP contribution is 2.54. The van der Waals surface area contributed by atoms with Crippen LogP contribution in [0.25, 0.3) is 16.6 Å². The summed E-state index contributed by atoms with van der Waals surface area (Å²) in [6.45, 7) is 0. The molecule has 4 saturated carbocycles. The molecule has 1 heterocycles. The smallest absolute Gasteiger partial charge is 0.355 e. The highest BCUT2D eigenvalue weighted by Gasteiger charge is 2.54. The molecule has 1 aromatic heterocycles. The first-order valence-electron chi connectivity index (χ1n) is 14.9. The van der Waals surface area contributed by atoms with Gasteiger partial charge < -0.3 is 20.4 Å². The van der Waals surface area contributed by atoms with Crippen molar-refractivity contribution in [2.45, 2.75) is 50.1 Å². The third kappa shape index (κ3) is 4.94. The highest BCUT2D eigenvalue weighted by molar-refractivity contribution is 6.31. The van der Waals surface area contributed by atoms with Gasteiger partial charge in [0, 0.05) is 45.2 Å². The van der Waals surface area contributed by atoms with Crippen LogP contribution in [0.15, 0.2) is 77.6 Å². The number of carbonyl (C=O) groups excluding carboxylic acids is 2. The second kappa shape index (κ2) is 10.6. The number of hydrogen-bond acceptors (Lipinski definition) is 5. The molecule has 4 bridgehead atoms. The SMILES string of the molecule is COC(=O)c1c(Cc2ccc(C(=O)NC3[C@@H]4CC5C[C@H]3CC(N)(C5)C4)cc2)c(=O)c2ccc(Cl)cc2n1-c1ccccc1. The van der Waals surface area contributed by atoms with E-state index in [2.05, 4.69) is 5.32 Å². The molecule has 3 N–H and O–H groups in total. The van der Waals surface area contributed by atoms with E-state index in [1.54, 1.807) is 34.9 Å². The lowest BCUT2D eigenvalue weighted by atomic mass is 9.51. The van der Waals surface area contributed by atoms with Crippen LogP contribution in [0, 0.1) is 17.8 Å². The lowest BCUT2D eigenvalue weighted by Gasteiger charge is -2.58. The number of aromatic nitrogens is 1. The summed E-state index contributed by atoms with van der Waals surface area (Å²) in [5.41, 5.74) is 9.40. The number of carbonyl (C=O) groups is 2. The van der Waals surface area contributed by atoms with Crippen molar-refractivity contribution in [1.29, 1.82) is 0 Å². The molecule has 220 valence electrons. The van der Waals surface area contributed by atoms with Gasteiger partial charge in [-0.15, -0.1) is 0 Å².